The zero-order valence-corrected chi connectivity index (χ0v) is 14.5. The highest BCUT2D eigenvalue weighted by Crippen LogP contribution is 2.20. The molecule has 0 saturated carbocycles. The van der Waals surface area contributed by atoms with Gasteiger partial charge in [-0.05, 0) is 42.3 Å². The standard InChI is InChI=1S/C17H16ClNO4S/c1-11-2-7-14(18)8-15(11)19-16(20)10-24(23)9-12-3-5-13(6-4-12)17(21)22/h2-8H,9-10H2,1H3,(H,19,20)(H,21,22). The van der Waals surface area contributed by atoms with Crippen molar-refractivity contribution in [2.75, 3.05) is 11.1 Å². The first-order valence-corrected chi connectivity index (χ1v) is 8.95. The van der Waals surface area contributed by atoms with Gasteiger partial charge in [0.15, 0.2) is 0 Å². The van der Waals surface area contributed by atoms with Gasteiger partial charge >= 0.3 is 5.97 Å². The zero-order chi connectivity index (χ0) is 17.7. The molecule has 1 amide bonds. The molecule has 2 rings (SSSR count). The molecule has 0 aliphatic heterocycles. The quantitative estimate of drug-likeness (QED) is 0.823. The molecule has 0 aromatic heterocycles. The predicted molar refractivity (Wildman–Crippen MR) is 94.9 cm³/mol. The van der Waals surface area contributed by atoms with Crippen LogP contribution < -0.4 is 5.32 Å². The molecule has 0 saturated heterocycles. The topological polar surface area (TPSA) is 83.5 Å². The number of aromatic carboxylic acids is 1. The molecule has 1 unspecified atom stereocenters. The maximum Gasteiger partial charge on any atom is 0.335 e. The monoisotopic (exact) mass is 365 g/mol. The number of carbonyl (C=O) groups excluding carboxylic acids is 1. The number of rotatable bonds is 6. The molecule has 7 heteroatoms. The maximum atomic E-state index is 12.1. The van der Waals surface area contributed by atoms with E-state index in [0.717, 1.165) is 5.56 Å². The van der Waals surface area contributed by atoms with Crippen molar-refractivity contribution in [3.05, 3.63) is 64.2 Å². The highest BCUT2D eigenvalue weighted by Gasteiger charge is 2.11. The average molecular weight is 366 g/mol. The van der Waals surface area contributed by atoms with Crippen LogP contribution in [0.5, 0.6) is 0 Å². The Morgan fingerprint density at radius 1 is 1.17 bits per heavy atom. The van der Waals surface area contributed by atoms with Gasteiger partial charge in [0.05, 0.1) is 5.56 Å². The Morgan fingerprint density at radius 2 is 1.83 bits per heavy atom. The molecule has 2 N–H and O–H groups in total. The van der Waals surface area contributed by atoms with Gasteiger partial charge in [0.2, 0.25) is 5.91 Å². The number of aryl methyl sites for hydroxylation is 1. The minimum absolute atomic E-state index is 0.146. The van der Waals surface area contributed by atoms with Crippen LogP contribution in [0.25, 0.3) is 0 Å². The lowest BCUT2D eigenvalue weighted by molar-refractivity contribution is -0.113. The first-order chi connectivity index (χ1) is 11.3. The summed E-state index contributed by atoms with van der Waals surface area (Å²) in [7, 11) is -1.40. The second kappa shape index (κ2) is 8.08. The molecule has 2 aromatic carbocycles. The zero-order valence-electron chi connectivity index (χ0n) is 12.9. The fourth-order valence-electron chi connectivity index (χ4n) is 2.04. The van der Waals surface area contributed by atoms with Crippen LogP contribution in [0.2, 0.25) is 5.02 Å². The normalized spacial score (nSPS) is 11.8. The molecule has 0 fully saturated rings. The molecular formula is C17H16ClNO4S. The summed E-state index contributed by atoms with van der Waals surface area (Å²) >= 11 is 5.90. The molecule has 0 aliphatic carbocycles. The van der Waals surface area contributed by atoms with Crippen molar-refractivity contribution in [1.82, 2.24) is 0 Å². The van der Waals surface area contributed by atoms with Gasteiger partial charge in [-0.3, -0.25) is 9.00 Å². The van der Waals surface area contributed by atoms with Crippen LogP contribution in [-0.2, 0) is 21.3 Å². The minimum atomic E-state index is -1.40. The third-order valence-corrected chi connectivity index (χ3v) is 4.77. The summed E-state index contributed by atoms with van der Waals surface area (Å²) in [6.45, 7) is 1.84. The average Bonchev–Trinajstić information content (AvgIpc) is 2.51. The molecule has 2 aromatic rings. The summed E-state index contributed by atoms with van der Waals surface area (Å²) in [5.74, 6) is -1.34. The Bertz CT molecular complexity index is 790. The molecule has 0 radical (unpaired) electrons. The minimum Gasteiger partial charge on any atom is -0.478 e. The molecule has 1 atom stereocenters. The number of hydrogen-bond acceptors (Lipinski definition) is 3. The highest BCUT2D eigenvalue weighted by molar-refractivity contribution is 7.84. The van der Waals surface area contributed by atoms with E-state index in [0.29, 0.717) is 16.3 Å². The number of amides is 1. The van der Waals surface area contributed by atoms with Crippen LogP contribution in [0.15, 0.2) is 42.5 Å². The van der Waals surface area contributed by atoms with Crippen LogP contribution in [0, 0.1) is 6.92 Å². The van der Waals surface area contributed by atoms with Crippen molar-refractivity contribution in [3.8, 4) is 0 Å². The fraction of sp³-hybridized carbons (Fsp3) is 0.176. The van der Waals surface area contributed by atoms with Crippen molar-refractivity contribution in [2.24, 2.45) is 0 Å². The van der Waals surface area contributed by atoms with Crippen LogP contribution in [0.3, 0.4) is 0 Å². The van der Waals surface area contributed by atoms with Crippen molar-refractivity contribution >= 4 is 40.0 Å². The highest BCUT2D eigenvalue weighted by atomic mass is 35.5. The van der Waals surface area contributed by atoms with Crippen molar-refractivity contribution in [3.63, 3.8) is 0 Å². The van der Waals surface area contributed by atoms with Crippen molar-refractivity contribution in [1.29, 1.82) is 0 Å². The van der Waals surface area contributed by atoms with Crippen molar-refractivity contribution < 1.29 is 18.9 Å². The number of nitrogens with one attached hydrogen (secondary N) is 1. The Labute approximate surface area is 147 Å². The Hall–Kier alpha value is -2.18. The molecule has 0 bridgehead atoms. The lowest BCUT2D eigenvalue weighted by Crippen LogP contribution is -2.20. The van der Waals surface area contributed by atoms with E-state index in [1.807, 2.05) is 6.92 Å². The van der Waals surface area contributed by atoms with Gasteiger partial charge in [0.25, 0.3) is 0 Å². The van der Waals surface area contributed by atoms with E-state index in [1.54, 1.807) is 30.3 Å². The Kier molecular flexibility index (Phi) is 6.11. The summed E-state index contributed by atoms with van der Waals surface area (Å²) in [6, 6.07) is 11.3. The number of carboxylic acids is 1. The van der Waals surface area contributed by atoms with Gasteiger partial charge in [-0.1, -0.05) is 29.8 Å². The number of carbonyl (C=O) groups is 2. The summed E-state index contributed by atoms with van der Waals surface area (Å²) in [5.41, 5.74) is 2.34. The van der Waals surface area contributed by atoms with Crippen LogP contribution in [0.4, 0.5) is 5.69 Å². The molecule has 0 spiro atoms. The summed E-state index contributed by atoms with van der Waals surface area (Å²) in [6.07, 6.45) is 0. The van der Waals surface area contributed by atoms with Gasteiger partial charge < -0.3 is 10.4 Å². The van der Waals surface area contributed by atoms with E-state index in [4.69, 9.17) is 16.7 Å². The molecule has 0 heterocycles. The van der Waals surface area contributed by atoms with Gasteiger partial charge in [-0.25, -0.2) is 4.79 Å². The Morgan fingerprint density at radius 3 is 2.46 bits per heavy atom. The first kappa shape index (κ1) is 18.2. The van der Waals surface area contributed by atoms with Crippen LogP contribution in [0.1, 0.15) is 21.5 Å². The van der Waals surface area contributed by atoms with Crippen LogP contribution in [-0.4, -0.2) is 26.9 Å². The number of hydrogen-bond donors (Lipinski definition) is 2. The maximum absolute atomic E-state index is 12.1. The summed E-state index contributed by atoms with van der Waals surface area (Å²) in [4.78, 5) is 22.8. The smallest absolute Gasteiger partial charge is 0.335 e. The summed E-state index contributed by atoms with van der Waals surface area (Å²) in [5, 5.41) is 12.0. The van der Waals surface area contributed by atoms with Gasteiger partial charge in [0.1, 0.15) is 5.75 Å². The van der Waals surface area contributed by atoms with Gasteiger partial charge in [-0.15, -0.1) is 0 Å². The van der Waals surface area contributed by atoms with E-state index in [-0.39, 0.29) is 23.0 Å². The third-order valence-electron chi connectivity index (χ3n) is 3.29. The van der Waals surface area contributed by atoms with E-state index < -0.39 is 16.8 Å². The largest absolute Gasteiger partial charge is 0.478 e. The number of anilines is 1. The number of halogens is 1. The lowest BCUT2D eigenvalue weighted by atomic mass is 10.1. The Balaban J connectivity index is 1.93. The predicted octanol–water partition coefficient (Wildman–Crippen LogP) is 3.23. The second-order valence-corrected chi connectivity index (χ2v) is 7.13. The van der Waals surface area contributed by atoms with E-state index in [9.17, 15) is 13.8 Å². The lowest BCUT2D eigenvalue weighted by Gasteiger charge is -2.09. The van der Waals surface area contributed by atoms with E-state index in [2.05, 4.69) is 5.32 Å². The number of carboxylic acid groups (broad SMARTS) is 1. The first-order valence-electron chi connectivity index (χ1n) is 7.08. The SMILES string of the molecule is Cc1ccc(Cl)cc1NC(=O)CS(=O)Cc1ccc(C(=O)O)cc1. The third kappa shape index (κ3) is 5.18. The second-order valence-electron chi connectivity index (χ2n) is 5.24. The fourth-order valence-corrected chi connectivity index (χ4v) is 3.24. The number of benzene rings is 2. The molecule has 24 heavy (non-hydrogen) atoms. The molecule has 5 nitrogen and oxygen atoms in total. The van der Waals surface area contributed by atoms with E-state index >= 15 is 0 Å². The molecule has 0 aliphatic rings. The van der Waals surface area contributed by atoms with Crippen molar-refractivity contribution in [2.45, 2.75) is 12.7 Å². The van der Waals surface area contributed by atoms with Gasteiger partial charge in [0, 0.05) is 27.3 Å². The van der Waals surface area contributed by atoms with E-state index in [1.165, 1.54) is 12.1 Å². The van der Waals surface area contributed by atoms with Crippen LogP contribution >= 0.6 is 11.6 Å². The molecular weight excluding hydrogens is 350 g/mol. The summed E-state index contributed by atoms with van der Waals surface area (Å²) < 4.78 is 12.1. The molecule has 126 valence electrons. The van der Waals surface area contributed by atoms with Gasteiger partial charge in [-0.2, -0.15) is 0 Å².